The van der Waals surface area contributed by atoms with Crippen LogP contribution in [0, 0.1) is 0 Å². The largest absolute Gasteiger partial charge is 0.393 e. The van der Waals surface area contributed by atoms with Gasteiger partial charge in [0.25, 0.3) is 0 Å². The Bertz CT molecular complexity index is 517. The smallest absolute Gasteiger partial charge is 0.191 e. The molecule has 1 fully saturated rings. The van der Waals surface area contributed by atoms with E-state index in [1.54, 1.807) is 7.11 Å². The molecule has 1 aromatic carbocycles. The maximum Gasteiger partial charge on any atom is 0.191 e. The molecule has 0 amide bonds. The summed E-state index contributed by atoms with van der Waals surface area (Å²) in [6, 6.07) is 8.74. The molecule has 1 aliphatic rings. The van der Waals surface area contributed by atoms with Crippen molar-refractivity contribution in [3.05, 3.63) is 29.8 Å². The van der Waals surface area contributed by atoms with E-state index < -0.39 is 0 Å². The van der Waals surface area contributed by atoms with Gasteiger partial charge >= 0.3 is 0 Å². The minimum absolute atomic E-state index is 0. The summed E-state index contributed by atoms with van der Waals surface area (Å²) in [5.74, 6) is 0.853. The van der Waals surface area contributed by atoms with Crippen molar-refractivity contribution in [1.82, 2.24) is 10.6 Å². The first-order valence-electron chi connectivity index (χ1n) is 9.26. The van der Waals surface area contributed by atoms with Gasteiger partial charge < -0.3 is 25.8 Å². The molecule has 26 heavy (non-hydrogen) atoms. The van der Waals surface area contributed by atoms with Crippen molar-refractivity contribution in [2.75, 3.05) is 32.1 Å². The summed E-state index contributed by atoms with van der Waals surface area (Å²) in [6.07, 6.45) is 3.60. The molecule has 1 aliphatic carbocycles. The van der Waals surface area contributed by atoms with E-state index in [1.165, 1.54) is 5.56 Å². The van der Waals surface area contributed by atoms with Gasteiger partial charge in [-0.2, -0.15) is 0 Å². The highest BCUT2D eigenvalue weighted by molar-refractivity contribution is 14.0. The number of benzene rings is 1. The average molecular weight is 476 g/mol. The standard InChI is InChI=1S/C19H32N4O2.HI/c1-3-20-19(23-17-8-10-18(24)11-9-17)22-14-15-4-6-16(7-5-15)21-12-13-25-2;/h4-7,17-18,21,24H,3,8-14H2,1-2H3,(H2,20,22,23);1H. The molecule has 0 saturated heterocycles. The number of guanidine groups is 1. The Hall–Kier alpha value is -1.06. The van der Waals surface area contributed by atoms with E-state index in [0.29, 0.717) is 19.2 Å². The summed E-state index contributed by atoms with van der Waals surface area (Å²) < 4.78 is 5.04. The Kier molecular flexibility index (Phi) is 11.6. The van der Waals surface area contributed by atoms with E-state index in [2.05, 4.69) is 47.1 Å². The van der Waals surface area contributed by atoms with Crippen LogP contribution < -0.4 is 16.0 Å². The second-order valence-corrected chi connectivity index (χ2v) is 6.46. The lowest BCUT2D eigenvalue weighted by atomic mass is 9.93. The Morgan fingerprint density at radius 2 is 1.88 bits per heavy atom. The molecule has 0 radical (unpaired) electrons. The molecule has 6 nitrogen and oxygen atoms in total. The fourth-order valence-electron chi connectivity index (χ4n) is 2.93. The zero-order valence-electron chi connectivity index (χ0n) is 15.8. The molecule has 0 aromatic heterocycles. The molecule has 0 bridgehead atoms. The van der Waals surface area contributed by atoms with E-state index in [4.69, 9.17) is 9.73 Å². The average Bonchev–Trinajstić information content (AvgIpc) is 2.63. The second-order valence-electron chi connectivity index (χ2n) is 6.46. The van der Waals surface area contributed by atoms with Crippen LogP contribution >= 0.6 is 24.0 Å². The summed E-state index contributed by atoms with van der Waals surface area (Å²) in [5.41, 5.74) is 2.27. The molecule has 2 rings (SSSR count). The monoisotopic (exact) mass is 476 g/mol. The maximum atomic E-state index is 9.62. The lowest BCUT2D eigenvalue weighted by Gasteiger charge is -2.27. The number of methoxy groups -OCH3 is 1. The molecule has 0 spiro atoms. The van der Waals surface area contributed by atoms with Crippen LogP contribution in [0.2, 0.25) is 0 Å². The van der Waals surface area contributed by atoms with Crippen LogP contribution in [0.5, 0.6) is 0 Å². The van der Waals surface area contributed by atoms with Crippen LogP contribution in [-0.2, 0) is 11.3 Å². The first kappa shape index (κ1) is 23.0. The molecular weight excluding hydrogens is 443 g/mol. The van der Waals surface area contributed by atoms with Gasteiger partial charge in [0.1, 0.15) is 0 Å². The summed E-state index contributed by atoms with van der Waals surface area (Å²) in [6.45, 7) is 5.05. The van der Waals surface area contributed by atoms with Crippen molar-refractivity contribution in [1.29, 1.82) is 0 Å². The maximum absolute atomic E-state index is 9.62. The van der Waals surface area contributed by atoms with E-state index in [1.807, 2.05) is 0 Å². The van der Waals surface area contributed by atoms with E-state index in [0.717, 1.165) is 50.4 Å². The lowest BCUT2D eigenvalue weighted by molar-refractivity contribution is 0.120. The van der Waals surface area contributed by atoms with Gasteiger partial charge in [-0.05, 0) is 50.3 Å². The molecule has 4 N–H and O–H groups in total. The molecule has 0 atom stereocenters. The lowest BCUT2D eigenvalue weighted by Crippen LogP contribution is -2.45. The quantitative estimate of drug-likeness (QED) is 0.201. The predicted octanol–water partition coefficient (Wildman–Crippen LogP) is 2.72. The molecule has 1 aromatic rings. The first-order valence-corrected chi connectivity index (χ1v) is 9.26. The van der Waals surface area contributed by atoms with Crippen LogP contribution in [0.15, 0.2) is 29.3 Å². The summed E-state index contributed by atoms with van der Waals surface area (Å²) >= 11 is 0. The Balaban J connectivity index is 0.00000338. The van der Waals surface area contributed by atoms with E-state index in [-0.39, 0.29) is 30.1 Å². The first-order chi connectivity index (χ1) is 12.2. The van der Waals surface area contributed by atoms with Gasteiger partial charge in [0.05, 0.1) is 19.3 Å². The third kappa shape index (κ3) is 8.55. The van der Waals surface area contributed by atoms with Crippen LogP contribution in [-0.4, -0.2) is 50.0 Å². The molecule has 0 heterocycles. The highest BCUT2D eigenvalue weighted by atomic mass is 127. The van der Waals surface area contributed by atoms with Gasteiger partial charge in [-0.1, -0.05) is 12.1 Å². The predicted molar refractivity (Wildman–Crippen MR) is 118 cm³/mol. The van der Waals surface area contributed by atoms with Crippen molar-refractivity contribution >= 4 is 35.6 Å². The molecule has 7 heteroatoms. The van der Waals surface area contributed by atoms with Crippen LogP contribution in [0.1, 0.15) is 38.2 Å². The molecule has 148 valence electrons. The number of aliphatic imine (C=N–C) groups is 1. The molecule has 0 unspecified atom stereocenters. The minimum atomic E-state index is -0.131. The van der Waals surface area contributed by atoms with Crippen molar-refractivity contribution in [2.45, 2.75) is 51.3 Å². The number of ether oxygens (including phenoxy) is 1. The Labute approximate surface area is 174 Å². The van der Waals surface area contributed by atoms with Crippen molar-refractivity contribution in [3.63, 3.8) is 0 Å². The molecule has 0 aliphatic heterocycles. The highest BCUT2D eigenvalue weighted by Gasteiger charge is 2.19. The molecular formula is C19H33IN4O2. The van der Waals surface area contributed by atoms with Gasteiger partial charge in [-0.3, -0.25) is 0 Å². The van der Waals surface area contributed by atoms with Gasteiger partial charge in [-0.15, -0.1) is 24.0 Å². The fourth-order valence-corrected chi connectivity index (χ4v) is 2.93. The van der Waals surface area contributed by atoms with Gasteiger partial charge in [0.15, 0.2) is 5.96 Å². The number of nitrogens with zero attached hydrogens (tertiary/aromatic N) is 1. The fraction of sp³-hybridized carbons (Fsp3) is 0.632. The SMILES string of the molecule is CCNC(=NCc1ccc(NCCOC)cc1)NC1CCC(O)CC1.I. The number of halogens is 1. The van der Waals surface area contributed by atoms with Gasteiger partial charge in [0, 0.05) is 31.9 Å². The Morgan fingerprint density at radius 3 is 2.50 bits per heavy atom. The van der Waals surface area contributed by atoms with Gasteiger partial charge in [0.2, 0.25) is 0 Å². The third-order valence-electron chi connectivity index (χ3n) is 4.39. The second kappa shape index (κ2) is 13.2. The summed E-state index contributed by atoms with van der Waals surface area (Å²) in [4.78, 5) is 4.69. The van der Waals surface area contributed by atoms with Gasteiger partial charge in [-0.25, -0.2) is 4.99 Å². The Morgan fingerprint density at radius 1 is 1.19 bits per heavy atom. The summed E-state index contributed by atoms with van der Waals surface area (Å²) in [5, 5.41) is 19.7. The number of nitrogens with one attached hydrogen (secondary N) is 3. The topological polar surface area (TPSA) is 77.9 Å². The van der Waals surface area contributed by atoms with E-state index >= 15 is 0 Å². The van der Waals surface area contributed by atoms with Crippen molar-refractivity contribution in [2.24, 2.45) is 4.99 Å². The van der Waals surface area contributed by atoms with Crippen LogP contribution in [0.4, 0.5) is 5.69 Å². The molecule has 1 saturated carbocycles. The van der Waals surface area contributed by atoms with Crippen molar-refractivity contribution < 1.29 is 9.84 Å². The normalized spacial score (nSPS) is 20.2. The number of rotatable bonds is 8. The minimum Gasteiger partial charge on any atom is -0.393 e. The number of aliphatic hydroxyl groups excluding tert-OH is 1. The third-order valence-corrected chi connectivity index (χ3v) is 4.39. The summed E-state index contributed by atoms with van der Waals surface area (Å²) in [7, 11) is 1.70. The zero-order chi connectivity index (χ0) is 17.9. The zero-order valence-corrected chi connectivity index (χ0v) is 18.2. The number of hydrogen-bond acceptors (Lipinski definition) is 4. The van der Waals surface area contributed by atoms with E-state index in [9.17, 15) is 5.11 Å². The number of aliphatic hydroxyl groups is 1. The van der Waals surface area contributed by atoms with Crippen molar-refractivity contribution in [3.8, 4) is 0 Å². The van der Waals surface area contributed by atoms with Crippen LogP contribution in [0.3, 0.4) is 0 Å². The van der Waals surface area contributed by atoms with Crippen LogP contribution in [0.25, 0.3) is 0 Å². The highest BCUT2D eigenvalue weighted by Crippen LogP contribution is 2.18. The number of anilines is 1. The number of hydrogen-bond donors (Lipinski definition) is 4.